The van der Waals surface area contributed by atoms with Crippen LogP contribution in [0.4, 0.5) is 4.79 Å². The van der Waals surface area contributed by atoms with Gasteiger partial charge in [0, 0.05) is 13.1 Å². The number of hydrogen-bond donors (Lipinski definition) is 2. The summed E-state index contributed by atoms with van der Waals surface area (Å²) in [6.07, 6.45) is 1.57. The van der Waals surface area contributed by atoms with E-state index >= 15 is 0 Å². The van der Waals surface area contributed by atoms with E-state index in [1.807, 2.05) is 0 Å². The molecular formula is C6H11N2O2. The Morgan fingerprint density at radius 3 is 2.70 bits per heavy atom. The molecule has 0 saturated carbocycles. The van der Waals surface area contributed by atoms with Crippen LogP contribution in [0.1, 0.15) is 0 Å². The Bertz CT molecular complexity index is 114. The van der Waals surface area contributed by atoms with Crippen LogP contribution in [0.15, 0.2) is 12.7 Å². The average Bonchev–Trinajstić information content (AvgIpc) is 1.97. The van der Waals surface area contributed by atoms with Gasteiger partial charge in [0.25, 0.3) is 0 Å². The van der Waals surface area contributed by atoms with Crippen molar-refractivity contribution in [3.63, 3.8) is 0 Å². The highest BCUT2D eigenvalue weighted by Crippen LogP contribution is 1.64. The molecule has 0 unspecified atom stereocenters. The van der Waals surface area contributed by atoms with Crippen LogP contribution in [0, 0.1) is 0 Å². The van der Waals surface area contributed by atoms with E-state index in [2.05, 4.69) is 17.2 Å². The van der Waals surface area contributed by atoms with E-state index < -0.39 is 0 Å². The van der Waals surface area contributed by atoms with Gasteiger partial charge in [-0.25, -0.2) is 9.90 Å². The van der Waals surface area contributed by atoms with Crippen molar-refractivity contribution in [2.45, 2.75) is 0 Å². The molecule has 0 aliphatic carbocycles. The number of hydrogen-bond acceptors (Lipinski definition) is 1. The van der Waals surface area contributed by atoms with Crippen LogP contribution >= 0.6 is 0 Å². The molecule has 4 heteroatoms. The van der Waals surface area contributed by atoms with Gasteiger partial charge in [-0.1, -0.05) is 6.08 Å². The first-order valence-corrected chi connectivity index (χ1v) is 3.02. The molecule has 2 amide bonds. The van der Waals surface area contributed by atoms with Gasteiger partial charge in [0.05, 0.1) is 6.61 Å². The molecule has 0 aliphatic rings. The summed E-state index contributed by atoms with van der Waals surface area (Å²) in [6, 6.07) is -0.323. The Kier molecular flexibility index (Phi) is 5.47. The molecule has 0 fully saturated rings. The van der Waals surface area contributed by atoms with E-state index in [4.69, 9.17) is 0 Å². The summed E-state index contributed by atoms with van der Waals surface area (Å²) in [5.41, 5.74) is 0. The molecule has 57 valence electrons. The molecule has 0 aromatic carbocycles. The van der Waals surface area contributed by atoms with E-state index in [1.165, 1.54) is 0 Å². The smallest absolute Gasteiger partial charge is 0.315 e. The number of urea groups is 1. The zero-order valence-electron chi connectivity index (χ0n) is 5.72. The fraction of sp³-hybridized carbons (Fsp3) is 0.500. The SMILES string of the molecule is C=CCNC(=O)NCC[O]. The van der Waals surface area contributed by atoms with Gasteiger partial charge in [-0.2, -0.15) is 0 Å². The van der Waals surface area contributed by atoms with Crippen LogP contribution in [-0.2, 0) is 5.11 Å². The van der Waals surface area contributed by atoms with Gasteiger partial charge in [-0.3, -0.25) is 0 Å². The monoisotopic (exact) mass is 143 g/mol. The van der Waals surface area contributed by atoms with Crippen molar-refractivity contribution in [2.75, 3.05) is 19.7 Å². The predicted molar refractivity (Wildman–Crippen MR) is 37.2 cm³/mol. The van der Waals surface area contributed by atoms with E-state index in [9.17, 15) is 9.90 Å². The molecule has 0 heterocycles. The van der Waals surface area contributed by atoms with Gasteiger partial charge in [0.2, 0.25) is 0 Å². The summed E-state index contributed by atoms with van der Waals surface area (Å²) in [7, 11) is 0. The molecule has 4 nitrogen and oxygen atoms in total. The number of amides is 2. The van der Waals surface area contributed by atoms with Crippen LogP contribution in [-0.4, -0.2) is 25.7 Å². The third-order valence-electron chi connectivity index (χ3n) is 0.795. The van der Waals surface area contributed by atoms with Gasteiger partial charge >= 0.3 is 6.03 Å². The van der Waals surface area contributed by atoms with Crippen molar-refractivity contribution < 1.29 is 9.90 Å². The lowest BCUT2D eigenvalue weighted by atomic mass is 10.6. The lowest BCUT2D eigenvalue weighted by molar-refractivity contribution is 0.191. The zero-order valence-corrected chi connectivity index (χ0v) is 5.72. The maximum atomic E-state index is 10.6. The minimum Gasteiger partial charge on any atom is -0.336 e. The minimum atomic E-state index is -0.323. The topological polar surface area (TPSA) is 61.0 Å². The van der Waals surface area contributed by atoms with Crippen molar-refractivity contribution in [3.05, 3.63) is 12.7 Å². The Morgan fingerprint density at radius 2 is 2.20 bits per heavy atom. The maximum Gasteiger partial charge on any atom is 0.315 e. The van der Waals surface area contributed by atoms with Crippen LogP contribution in [0.25, 0.3) is 0 Å². The minimum absolute atomic E-state index is 0.170. The van der Waals surface area contributed by atoms with Gasteiger partial charge in [-0.15, -0.1) is 6.58 Å². The van der Waals surface area contributed by atoms with E-state index in [-0.39, 0.29) is 19.2 Å². The predicted octanol–water partition coefficient (Wildman–Crippen LogP) is -0.0979. The first kappa shape index (κ1) is 8.97. The highest BCUT2D eigenvalue weighted by Gasteiger charge is 1.93. The Labute approximate surface area is 59.9 Å². The van der Waals surface area contributed by atoms with Gasteiger partial charge < -0.3 is 10.6 Å². The fourth-order valence-electron chi connectivity index (χ4n) is 0.392. The maximum absolute atomic E-state index is 10.6. The zero-order chi connectivity index (χ0) is 7.82. The van der Waals surface area contributed by atoms with Crippen molar-refractivity contribution in [3.8, 4) is 0 Å². The van der Waals surface area contributed by atoms with Gasteiger partial charge in [-0.05, 0) is 0 Å². The molecule has 10 heavy (non-hydrogen) atoms. The Balaban J connectivity index is 3.16. The largest absolute Gasteiger partial charge is 0.336 e. The second-order valence-electron chi connectivity index (χ2n) is 1.63. The summed E-state index contributed by atoms with van der Waals surface area (Å²) in [4.78, 5) is 10.6. The number of carbonyl (C=O) groups is 1. The molecule has 1 radical (unpaired) electrons. The average molecular weight is 143 g/mol. The third kappa shape index (κ3) is 5.11. The molecule has 0 atom stereocenters. The standard InChI is InChI=1S/C6H11N2O2/c1-2-3-7-6(10)8-4-5-9/h2H,1,3-5H2,(H2,7,8,10). The van der Waals surface area contributed by atoms with Gasteiger partial charge in [0.1, 0.15) is 0 Å². The number of carbonyl (C=O) groups excluding carboxylic acids is 1. The molecule has 0 aliphatic heterocycles. The first-order chi connectivity index (χ1) is 4.81. The molecule has 0 aromatic rings. The van der Waals surface area contributed by atoms with Crippen molar-refractivity contribution in [1.82, 2.24) is 10.6 Å². The Morgan fingerprint density at radius 1 is 1.50 bits per heavy atom. The summed E-state index contributed by atoms with van der Waals surface area (Å²) >= 11 is 0. The second kappa shape index (κ2) is 6.10. The highest BCUT2D eigenvalue weighted by atomic mass is 16.3. The number of nitrogens with one attached hydrogen (secondary N) is 2. The van der Waals surface area contributed by atoms with Crippen LogP contribution in [0.5, 0.6) is 0 Å². The van der Waals surface area contributed by atoms with E-state index in [1.54, 1.807) is 6.08 Å². The molecule has 0 bridgehead atoms. The normalized spacial score (nSPS) is 8.50. The third-order valence-corrected chi connectivity index (χ3v) is 0.795. The van der Waals surface area contributed by atoms with Crippen LogP contribution in [0.2, 0.25) is 0 Å². The van der Waals surface area contributed by atoms with Crippen LogP contribution in [0.3, 0.4) is 0 Å². The molecule has 2 N–H and O–H groups in total. The Hall–Kier alpha value is -1.03. The molecule has 0 aromatic heterocycles. The summed E-state index contributed by atoms with van der Waals surface area (Å²) in [5.74, 6) is 0. The molecule has 0 rings (SSSR count). The summed E-state index contributed by atoms with van der Waals surface area (Å²) < 4.78 is 0. The summed E-state index contributed by atoms with van der Waals surface area (Å²) in [5, 5.41) is 14.7. The lowest BCUT2D eigenvalue weighted by Crippen LogP contribution is -2.36. The molecular weight excluding hydrogens is 132 g/mol. The first-order valence-electron chi connectivity index (χ1n) is 3.02. The van der Waals surface area contributed by atoms with Crippen molar-refractivity contribution in [1.29, 1.82) is 0 Å². The second-order valence-corrected chi connectivity index (χ2v) is 1.63. The summed E-state index contributed by atoms with van der Waals surface area (Å²) in [6.45, 7) is 3.71. The fourth-order valence-corrected chi connectivity index (χ4v) is 0.392. The highest BCUT2D eigenvalue weighted by molar-refractivity contribution is 5.73. The molecule has 0 saturated heterocycles. The van der Waals surface area contributed by atoms with E-state index in [0.717, 1.165) is 0 Å². The lowest BCUT2D eigenvalue weighted by Gasteiger charge is -2.01. The van der Waals surface area contributed by atoms with Gasteiger partial charge in [0.15, 0.2) is 0 Å². The van der Waals surface area contributed by atoms with Crippen molar-refractivity contribution >= 4 is 6.03 Å². The van der Waals surface area contributed by atoms with Crippen LogP contribution < -0.4 is 10.6 Å². The molecule has 0 spiro atoms. The number of rotatable bonds is 4. The van der Waals surface area contributed by atoms with Crippen molar-refractivity contribution in [2.24, 2.45) is 0 Å². The van der Waals surface area contributed by atoms with E-state index in [0.29, 0.717) is 6.54 Å². The quantitative estimate of drug-likeness (QED) is 0.530.